The molecule has 1 aromatic rings. The number of aryl methyl sites for hydroxylation is 1. The van der Waals surface area contributed by atoms with E-state index < -0.39 is 5.41 Å². The van der Waals surface area contributed by atoms with E-state index >= 15 is 0 Å². The van der Waals surface area contributed by atoms with E-state index in [0.717, 1.165) is 35.9 Å². The van der Waals surface area contributed by atoms with E-state index in [2.05, 4.69) is 67.3 Å². The summed E-state index contributed by atoms with van der Waals surface area (Å²) in [4.78, 5) is 29.9. The normalized spacial score (nSPS) is 24.6. The zero-order valence-corrected chi connectivity index (χ0v) is 20.1. The highest BCUT2D eigenvalue weighted by molar-refractivity contribution is 7.04. The molecule has 0 aliphatic heterocycles. The second-order valence-corrected chi connectivity index (χ2v) is 10.9. The van der Waals surface area contributed by atoms with Crippen molar-refractivity contribution in [2.24, 2.45) is 15.8 Å². The van der Waals surface area contributed by atoms with Crippen LogP contribution in [0.5, 0.6) is 0 Å². The molecule has 2 N–H and O–H groups in total. The molecular formula is C22H38N4O2S. The molecular weight excluding hydrogens is 384 g/mol. The summed E-state index contributed by atoms with van der Waals surface area (Å²) in [6.45, 7) is 14.8. The van der Waals surface area contributed by atoms with Crippen LogP contribution < -0.4 is 15.3 Å². The lowest BCUT2D eigenvalue weighted by atomic mass is 9.67. The number of carbonyl (C=O) groups is 2. The SMILES string of the molecule is CCCCc1cn(C(C)(C)C)sc1=NC(=O)[C@@]1(C)CC[C@@H](NC(=O)NC)C1(C)C. The molecule has 3 amide bonds. The number of amides is 3. The molecule has 164 valence electrons. The average Bonchev–Trinajstić information content (AvgIpc) is 3.14. The number of aromatic nitrogens is 1. The lowest BCUT2D eigenvalue weighted by Crippen LogP contribution is -2.51. The van der Waals surface area contributed by atoms with Crippen molar-refractivity contribution < 1.29 is 9.59 Å². The van der Waals surface area contributed by atoms with Crippen LogP contribution in [0.25, 0.3) is 0 Å². The van der Waals surface area contributed by atoms with Crippen LogP contribution in [0.1, 0.15) is 79.7 Å². The standard InChI is InChI=1S/C22H38N4O2S/c1-9-10-11-15-14-26(20(2,3)4)29-17(15)25-18(27)22(7)13-12-16(21(22,5)6)24-19(28)23-8/h14,16H,9-13H2,1-8H3,(H2,23,24,28)/t16-,22-/m1/s1. The highest BCUT2D eigenvalue weighted by Crippen LogP contribution is 2.53. The quantitative estimate of drug-likeness (QED) is 0.746. The van der Waals surface area contributed by atoms with Crippen molar-refractivity contribution in [3.8, 4) is 0 Å². The third kappa shape index (κ3) is 4.76. The summed E-state index contributed by atoms with van der Waals surface area (Å²) >= 11 is 1.57. The molecule has 1 heterocycles. The maximum atomic E-state index is 13.4. The van der Waals surface area contributed by atoms with Crippen LogP contribution in [0.15, 0.2) is 11.2 Å². The van der Waals surface area contributed by atoms with Crippen molar-refractivity contribution in [3.05, 3.63) is 16.4 Å². The van der Waals surface area contributed by atoms with Gasteiger partial charge in [-0.3, -0.25) is 8.75 Å². The zero-order valence-electron chi connectivity index (χ0n) is 19.3. The van der Waals surface area contributed by atoms with Crippen molar-refractivity contribution in [2.75, 3.05) is 7.05 Å². The highest BCUT2D eigenvalue weighted by atomic mass is 32.1. The van der Waals surface area contributed by atoms with Gasteiger partial charge in [0.1, 0.15) is 4.67 Å². The van der Waals surface area contributed by atoms with Crippen molar-refractivity contribution in [3.63, 3.8) is 0 Å². The number of carbonyl (C=O) groups excluding carboxylic acids is 2. The Bertz CT molecular complexity index is 816. The first-order valence-corrected chi connectivity index (χ1v) is 11.4. The largest absolute Gasteiger partial charge is 0.341 e. The van der Waals surface area contributed by atoms with Gasteiger partial charge in [-0.2, -0.15) is 0 Å². The van der Waals surface area contributed by atoms with Crippen LogP contribution in [0, 0.1) is 10.8 Å². The molecule has 1 aliphatic rings. The predicted octanol–water partition coefficient (Wildman–Crippen LogP) is 4.20. The molecule has 1 saturated carbocycles. The second kappa shape index (κ2) is 8.62. The number of rotatable bonds is 5. The molecule has 29 heavy (non-hydrogen) atoms. The number of unbranched alkanes of at least 4 members (excludes halogenated alkanes) is 1. The number of nitrogens with zero attached hydrogens (tertiary/aromatic N) is 2. The zero-order chi connectivity index (χ0) is 22.0. The van der Waals surface area contributed by atoms with Gasteiger partial charge in [0, 0.05) is 30.4 Å². The smallest absolute Gasteiger partial charge is 0.314 e. The topological polar surface area (TPSA) is 75.5 Å². The van der Waals surface area contributed by atoms with E-state index in [1.165, 1.54) is 0 Å². The molecule has 6 nitrogen and oxygen atoms in total. The van der Waals surface area contributed by atoms with Crippen LogP contribution in [0.3, 0.4) is 0 Å². The molecule has 0 radical (unpaired) electrons. The van der Waals surface area contributed by atoms with Crippen molar-refractivity contribution in [1.29, 1.82) is 0 Å². The molecule has 2 rings (SSSR count). The number of hydrogen-bond donors (Lipinski definition) is 2. The lowest BCUT2D eigenvalue weighted by Gasteiger charge is -2.39. The summed E-state index contributed by atoms with van der Waals surface area (Å²) in [6, 6.07) is -0.267. The number of nitrogens with one attached hydrogen (secondary N) is 2. The van der Waals surface area contributed by atoms with Gasteiger partial charge in [-0.1, -0.05) is 34.1 Å². The molecule has 0 spiro atoms. The van der Waals surface area contributed by atoms with Gasteiger partial charge in [0.2, 0.25) is 0 Å². The average molecular weight is 423 g/mol. The first-order chi connectivity index (χ1) is 13.4. The van der Waals surface area contributed by atoms with E-state index in [9.17, 15) is 9.59 Å². The van der Waals surface area contributed by atoms with Crippen molar-refractivity contribution in [1.82, 2.24) is 14.6 Å². The molecule has 2 atom stereocenters. The molecule has 1 aromatic heterocycles. The van der Waals surface area contributed by atoms with E-state index in [1.54, 1.807) is 18.6 Å². The third-order valence-corrected chi connectivity index (χ3v) is 8.00. The van der Waals surface area contributed by atoms with Crippen molar-refractivity contribution >= 4 is 23.5 Å². The number of urea groups is 1. The van der Waals surface area contributed by atoms with Gasteiger partial charge < -0.3 is 10.6 Å². The summed E-state index contributed by atoms with van der Waals surface area (Å²) < 4.78 is 3.03. The van der Waals surface area contributed by atoms with E-state index in [-0.39, 0.29) is 28.9 Å². The number of hydrogen-bond acceptors (Lipinski definition) is 3. The molecule has 7 heteroatoms. The fourth-order valence-electron chi connectivity index (χ4n) is 3.92. The van der Waals surface area contributed by atoms with Gasteiger partial charge in [-0.15, -0.1) is 0 Å². The van der Waals surface area contributed by atoms with E-state index in [4.69, 9.17) is 0 Å². The molecule has 0 aromatic carbocycles. The fraction of sp³-hybridized carbons (Fsp3) is 0.773. The Hall–Kier alpha value is -1.63. The van der Waals surface area contributed by atoms with E-state index in [1.807, 2.05) is 6.92 Å². The Kier molecular flexibility index (Phi) is 7.03. The Morgan fingerprint density at radius 3 is 2.52 bits per heavy atom. The van der Waals surface area contributed by atoms with Crippen LogP contribution >= 0.6 is 11.5 Å². The molecule has 1 aliphatic carbocycles. The van der Waals surface area contributed by atoms with Gasteiger partial charge in [-0.25, -0.2) is 9.79 Å². The summed E-state index contributed by atoms with van der Waals surface area (Å²) in [7, 11) is 1.61. The predicted molar refractivity (Wildman–Crippen MR) is 119 cm³/mol. The lowest BCUT2D eigenvalue weighted by molar-refractivity contribution is -0.131. The first kappa shape index (κ1) is 23.6. The summed E-state index contributed by atoms with van der Waals surface area (Å²) in [5.74, 6) is -0.0793. The van der Waals surface area contributed by atoms with Gasteiger partial charge >= 0.3 is 6.03 Å². The summed E-state index contributed by atoms with van der Waals surface area (Å²) in [6.07, 6.45) is 6.77. The maximum Gasteiger partial charge on any atom is 0.314 e. The Morgan fingerprint density at radius 2 is 1.97 bits per heavy atom. The van der Waals surface area contributed by atoms with Crippen LogP contribution in [-0.4, -0.2) is 29.0 Å². The Morgan fingerprint density at radius 1 is 1.31 bits per heavy atom. The van der Waals surface area contributed by atoms with Crippen LogP contribution in [-0.2, 0) is 16.8 Å². The molecule has 0 bridgehead atoms. The minimum Gasteiger partial charge on any atom is -0.341 e. The first-order valence-electron chi connectivity index (χ1n) is 10.7. The summed E-state index contributed by atoms with van der Waals surface area (Å²) in [5.41, 5.74) is 0.110. The van der Waals surface area contributed by atoms with Crippen LogP contribution in [0.2, 0.25) is 0 Å². The minimum absolute atomic E-state index is 0.0402. The highest BCUT2D eigenvalue weighted by Gasteiger charge is 2.56. The monoisotopic (exact) mass is 422 g/mol. The van der Waals surface area contributed by atoms with Crippen LogP contribution in [0.4, 0.5) is 4.79 Å². The second-order valence-electron chi connectivity index (χ2n) is 9.94. The Labute approximate surface area is 179 Å². The molecule has 1 fully saturated rings. The fourth-order valence-corrected chi connectivity index (χ4v) is 4.95. The van der Waals surface area contributed by atoms with Gasteiger partial charge in [0.05, 0.1) is 5.41 Å². The van der Waals surface area contributed by atoms with Crippen molar-refractivity contribution in [2.45, 2.75) is 92.2 Å². The van der Waals surface area contributed by atoms with Gasteiger partial charge in [0.15, 0.2) is 0 Å². The van der Waals surface area contributed by atoms with Gasteiger partial charge in [0.25, 0.3) is 5.91 Å². The molecule has 0 saturated heterocycles. The summed E-state index contributed by atoms with van der Waals surface area (Å²) in [5, 5.41) is 5.62. The Balaban J connectivity index is 2.40. The minimum atomic E-state index is -0.614. The van der Waals surface area contributed by atoms with E-state index in [0.29, 0.717) is 6.42 Å². The third-order valence-electron chi connectivity index (χ3n) is 6.63. The molecule has 0 unspecified atom stereocenters. The van der Waals surface area contributed by atoms with Gasteiger partial charge in [-0.05, 0) is 63.4 Å². The maximum absolute atomic E-state index is 13.4.